The van der Waals surface area contributed by atoms with Gasteiger partial charge >= 0.3 is 0 Å². The van der Waals surface area contributed by atoms with Gasteiger partial charge in [0.1, 0.15) is 17.0 Å². The van der Waals surface area contributed by atoms with Crippen LogP contribution in [-0.2, 0) is 0 Å². The number of H-pyrrole nitrogens is 1. The van der Waals surface area contributed by atoms with Crippen molar-refractivity contribution >= 4 is 28.6 Å². The minimum Gasteiger partial charge on any atom is -0.383 e. The molecule has 2 aromatic heterocycles. The van der Waals surface area contributed by atoms with Crippen molar-refractivity contribution in [3.8, 4) is 0 Å². The molecule has 3 heterocycles. The summed E-state index contributed by atoms with van der Waals surface area (Å²) in [6.07, 6.45) is 3.60. The summed E-state index contributed by atoms with van der Waals surface area (Å²) >= 11 is 0. The summed E-state index contributed by atoms with van der Waals surface area (Å²) in [4.78, 5) is 10.6. The molecule has 0 spiro atoms. The molecule has 1 aliphatic heterocycles. The third kappa shape index (κ3) is 1.63. The summed E-state index contributed by atoms with van der Waals surface area (Å²) in [5, 5.41) is 7.53. The first-order valence-electron chi connectivity index (χ1n) is 5.78. The Morgan fingerprint density at radius 1 is 1.06 bits per heavy atom. The second kappa shape index (κ2) is 3.76. The lowest BCUT2D eigenvalue weighted by atomic mass is 10.1. The number of nitrogens with one attached hydrogen (secondary N) is 1. The predicted octanol–water partition coefficient (Wildman–Crippen LogP) is 0.508. The van der Waals surface area contributed by atoms with Crippen LogP contribution in [0.5, 0.6) is 0 Å². The van der Waals surface area contributed by atoms with E-state index in [1.54, 1.807) is 0 Å². The molecule has 7 heteroatoms. The van der Waals surface area contributed by atoms with Gasteiger partial charge in [0.05, 0.1) is 0 Å². The minimum absolute atomic E-state index is 0.240. The van der Waals surface area contributed by atoms with Gasteiger partial charge in [-0.15, -0.1) is 0 Å². The van der Waals surface area contributed by atoms with E-state index in [4.69, 9.17) is 11.5 Å². The van der Waals surface area contributed by atoms with Crippen LogP contribution in [0.4, 0.5) is 17.6 Å². The Morgan fingerprint density at radius 2 is 1.82 bits per heavy atom. The summed E-state index contributed by atoms with van der Waals surface area (Å²) in [5.41, 5.74) is 12.1. The van der Waals surface area contributed by atoms with E-state index >= 15 is 0 Å². The van der Waals surface area contributed by atoms with Crippen LogP contribution in [-0.4, -0.2) is 33.3 Å². The second-order valence-corrected chi connectivity index (χ2v) is 4.29. The molecule has 90 valence electrons. The van der Waals surface area contributed by atoms with E-state index in [0.717, 1.165) is 24.3 Å². The van der Waals surface area contributed by atoms with E-state index in [0.29, 0.717) is 11.5 Å². The molecule has 0 bridgehead atoms. The summed E-state index contributed by atoms with van der Waals surface area (Å²) < 4.78 is 0. The summed E-state index contributed by atoms with van der Waals surface area (Å²) in [7, 11) is 0. The number of nitrogens with zero attached hydrogens (tertiary/aromatic N) is 4. The van der Waals surface area contributed by atoms with Crippen LogP contribution in [0.15, 0.2) is 0 Å². The number of hydrogen-bond donors (Lipinski definition) is 3. The number of piperidine rings is 1. The quantitative estimate of drug-likeness (QED) is 0.662. The molecule has 0 radical (unpaired) electrons. The number of rotatable bonds is 1. The van der Waals surface area contributed by atoms with E-state index in [1.165, 1.54) is 19.3 Å². The van der Waals surface area contributed by atoms with Crippen molar-refractivity contribution in [2.45, 2.75) is 19.3 Å². The smallest absolute Gasteiger partial charge is 0.224 e. The van der Waals surface area contributed by atoms with Crippen LogP contribution in [0.25, 0.3) is 11.0 Å². The van der Waals surface area contributed by atoms with Gasteiger partial charge in [0.25, 0.3) is 0 Å². The van der Waals surface area contributed by atoms with E-state index in [9.17, 15) is 0 Å². The maximum Gasteiger partial charge on any atom is 0.224 e. The van der Waals surface area contributed by atoms with Crippen molar-refractivity contribution in [2.24, 2.45) is 0 Å². The highest BCUT2D eigenvalue weighted by atomic mass is 15.3. The SMILES string of the molecule is Nc1nc(N2CCCCC2)c2c(N)[nH]nc2n1. The predicted molar refractivity (Wildman–Crippen MR) is 66.6 cm³/mol. The first kappa shape index (κ1) is 10.1. The van der Waals surface area contributed by atoms with Crippen LogP contribution in [0.3, 0.4) is 0 Å². The molecule has 5 N–H and O–H groups in total. The highest BCUT2D eigenvalue weighted by Crippen LogP contribution is 2.29. The van der Waals surface area contributed by atoms with Crippen LogP contribution < -0.4 is 16.4 Å². The molecule has 3 rings (SSSR count). The third-order valence-corrected chi connectivity index (χ3v) is 3.10. The molecule has 0 amide bonds. The minimum atomic E-state index is 0.240. The lowest BCUT2D eigenvalue weighted by molar-refractivity contribution is 0.575. The fourth-order valence-electron chi connectivity index (χ4n) is 2.28. The number of aromatic amines is 1. The molecule has 1 aliphatic rings. The van der Waals surface area contributed by atoms with E-state index < -0.39 is 0 Å². The molecule has 1 saturated heterocycles. The Kier molecular flexibility index (Phi) is 2.24. The maximum absolute atomic E-state index is 5.87. The normalized spacial score (nSPS) is 16.6. The highest BCUT2D eigenvalue weighted by molar-refractivity contribution is 5.96. The number of anilines is 3. The van der Waals surface area contributed by atoms with Gasteiger partial charge in [0.2, 0.25) is 5.95 Å². The lowest BCUT2D eigenvalue weighted by Crippen LogP contribution is -2.30. The van der Waals surface area contributed by atoms with Crippen LogP contribution >= 0.6 is 0 Å². The molecule has 2 aromatic rings. The standard InChI is InChI=1S/C10H15N7/c11-7-6-8(16-15-7)13-10(12)14-9(6)17-4-2-1-3-5-17/h1-5H2,(H5,11,12,13,14,15,16). The van der Waals surface area contributed by atoms with E-state index in [2.05, 4.69) is 25.1 Å². The molecule has 17 heavy (non-hydrogen) atoms. The molecule has 0 unspecified atom stereocenters. The van der Waals surface area contributed by atoms with E-state index in [1.807, 2.05) is 0 Å². The van der Waals surface area contributed by atoms with Gasteiger partial charge in [-0.3, -0.25) is 5.10 Å². The largest absolute Gasteiger partial charge is 0.383 e. The van der Waals surface area contributed by atoms with Crippen molar-refractivity contribution in [3.63, 3.8) is 0 Å². The number of aromatic nitrogens is 4. The Balaban J connectivity index is 2.15. The molecule has 7 nitrogen and oxygen atoms in total. The van der Waals surface area contributed by atoms with Gasteiger partial charge in [-0.2, -0.15) is 15.1 Å². The molecular weight excluding hydrogens is 218 g/mol. The van der Waals surface area contributed by atoms with E-state index in [-0.39, 0.29) is 5.95 Å². The van der Waals surface area contributed by atoms with Gasteiger partial charge in [0.15, 0.2) is 5.65 Å². The zero-order valence-corrected chi connectivity index (χ0v) is 9.48. The number of hydrogen-bond acceptors (Lipinski definition) is 6. The summed E-state index contributed by atoms with van der Waals surface area (Å²) in [6, 6.07) is 0. The fraction of sp³-hybridized carbons (Fsp3) is 0.500. The first-order valence-corrected chi connectivity index (χ1v) is 5.78. The zero-order valence-electron chi connectivity index (χ0n) is 9.48. The fourth-order valence-corrected chi connectivity index (χ4v) is 2.28. The Bertz CT molecular complexity index is 541. The van der Waals surface area contributed by atoms with Crippen LogP contribution in [0.1, 0.15) is 19.3 Å². The average Bonchev–Trinajstić information content (AvgIpc) is 2.71. The van der Waals surface area contributed by atoms with Gasteiger partial charge < -0.3 is 16.4 Å². The number of nitrogen functional groups attached to an aromatic ring is 2. The number of fused-ring (bicyclic) bond motifs is 1. The summed E-state index contributed by atoms with van der Waals surface area (Å²) in [5.74, 6) is 1.54. The zero-order chi connectivity index (χ0) is 11.8. The maximum atomic E-state index is 5.87. The first-order chi connectivity index (χ1) is 8.25. The second-order valence-electron chi connectivity index (χ2n) is 4.29. The van der Waals surface area contributed by atoms with Gasteiger partial charge in [-0.05, 0) is 19.3 Å². The molecular formula is C10H15N7. The molecule has 0 aromatic carbocycles. The Labute approximate surface area is 98.2 Å². The Hall–Kier alpha value is -2.05. The van der Waals surface area contributed by atoms with Crippen molar-refractivity contribution in [1.82, 2.24) is 20.2 Å². The monoisotopic (exact) mass is 233 g/mol. The van der Waals surface area contributed by atoms with Crippen LogP contribution in [0.2, 0.25) is 0 Å². The Morgan fingerprint density at radius 3 is 2.59 bits per heavy atom. The molecule has 1 fully saturated rings. The van der Waals surface area contributed by atoms with Crippen molar-refractivity contribution < 1.29 is 0 Å². The van der Waals surface area contributed by atoms with Crippen LogP contribution in [0, 0.1) is 0 Å². The average molecular weight is 233 g/mol. The van der Waals surface area contributed by atoms with Crippen molar-refractivity contribution in [2.75, 3.05) is 29.5 Å². The highest BCUT2D eigenvalue weighted by Gasteiger charge is 2.19. The molecule has 0 atom stereocenters. The lowest BCUT2D eigenvalue weighted by Gasteiger charge is -2.28. The number of nitrogens with two attached hydrogens (primary N) is 2. The van der Waals surface area contributed by atoms with Gasteiger partial charge in [0, 0.05) is 13.1 Å². The van der Waals surface area contributed by atoms with Gasteiger partial charge in [-0.1, -0.05) is 0 Å². The van der Waals surface area contributed by atoms with Crippen molar-refractivity contribution in [1.29, 1.82) is 0 Å². The van der Waals surface area contributed by atoms with Crippen molar-refractivity contribution in [3.05, 3.63) is 0 Å². The molecule has 0 saturated carbocycles. The van der Waals surface area contributed by atoms with Gasteiger partial charge in [-0.25, -0.2) is 0 Å². The summed E-state index contributed by atoms with van der Waals surface area (Å²) in [6.45, 7) is 1.96. The topological polar surface area (TPSA) is 110 Å². The third-order valence-electron chi connectivity index (χ3n) is 3.10. The molecule has 0 aliphatic carbocycles.